The van der Waals surface area contributed by atoms with E-state index >= 15 is 0 Å². The number of fused-ring (bicyclic) bond motifs is 22. The molecule has 0 atom stereocenters. The second-order valence-electron chi connectivity index (χ2n) is 17.1. The van der Waals surface area contributed by atoms with Crippen LogP contribution in [0.25, 0.3) is 86.9 Å². The molecule has 0 heterocycles. The first-order valence-electron chi connectivity index (χ1n) is 21.7. The van der Waals surface area contributed by atoms with Crippen LogP contribution in [0.5, 0.6) is 0 Å². The third kappa shape index (κ3) is 4.32. The number of hydrogen-bond donors (Lipinski definition) is 0. The molecule has 0 N–H and O–H groups in total. The van der Waals surface area contributed by atoms with Gasteiger partial charge in [0.05, 0.1) is 11.1 Å². The van der Waals surface area contributed by atoms with E-state index in [0.717, 1.165) is 11.4 Å². The van der Waals surface area contributed by atoms with Crippen LogP contribution in [0.4, 0.5) is 17.1 Å². The number of hydrogen-bond acceptors (Lipinski definition) is 1. The van der Waals surface area contributed by atoms with Gasteiger partial charge in [0.25, 0.3) is 0 Å². The molecule has 0 unspecified atom stereocenters. The molecule has 1 spiro atoms. The Balaban J connectivity index is 1.13. The van der Waals surface area contributed by atoms with Crippen LogP contribution in [-0.2, 0) is 5.41 Å². The quantitative estimate of drug-likeness (QED) is 0.161. The summed E-state index contributed by atoms with van der Waals surface area (Å²) in [6.07, 6.45) is 0. The Kier molecular flexibility index (Phi) is 6.82. The van der Waals surface area contributed by atoms with Crippen molar-refractivity contribution in [3.8, 4) is 22.3 Å². The van der Waals surface area contributed by atoms with Crippen LogP contribution >= 0.6 is 0 Å². The number of rotatable bonds is 3. The summed E-state index contributed by atoms with van der Waals surface area (Å²) >= 11 is 0. The fourth-order valence-corrected chi connectivity index (χ4v) is 11.8. The maximum atomic E-state index is 2.57. The van der Waals surface area contributed by atoms with Gasteiger partial charge < -0.3 is 4.90 Å². The van der Waals surface area contributed by atoms with Crippen molar-refractivity contribution in [2.45, 2.75) is 5.41 Å². The highest BCUT2D eigenvalue weighted by molar-refractivity contribution is 6.27. The third-order valence-corrected chi connectivity index (χ3v) is 14.2. The molecule has 2 aliphatic carbocycles. The molecular weight excluding hydrogens is 747 g/mol. The van der Waals surface area contributed by atoms with Gasteiger partial charge in [0.1, 0.15) is 0 Å². The molecule has 14 rings (SSSR count). The van der Waals surface area contributed by atoms with Crippen molar-refractivity contribution in [1.29, 1.82) is 0 Å². The van der Waals surface area contributed by atoms with Crippen molar-refractivity contribution < 1.29 is 0 Å². The summed E-state index contributed by atoms with van der Waals surface area (Å²) in [6.45, 7) is 0. The second kappa shape index (κ2) is 12.5. The normalized spacial score (nSPS) is 13.3. The topological polar surface area (TPSA) is 3.24 Å². The minimum atomic E-state index is -0.520. The Bertz CT molecular complexity index is 3600. The molecule has 1 nitrogen and oxygen atoms in total. The van der Waals surface area contributed by atoms with E-state index in [1.165, 1.54) is 115 Å². The number of nitrogens with zero attached hydrogens (tertiary/aromatic N) is 1. The van der Waals surface area contributed by atoms with Crippen LogP contribution in [0.3, 0.4) is 0 Å². The Labute approximate surface area is 359 Å². The fraction of sp³-hybridized carbons (Fsp3) is 0.0164. The molecule has 0 radical (unpaired) electrons. The summed E-state index contributed by atoms with van der Waals surface area (Å²) in [5.41, 5.74) is 13.4. The van der Waals surface area contributed by atoms with Gasteiger partial charge in [-0.25, -0.2) is 0 Å². The first kappa shape index (κ1) is 33.8. The lowest BCUT2D eigenvalue weighted by Gasteiger charge is -2.36. The number of anilines is 3. The number of benzene rings is 12. The largest absolute Gasteiger partial charge is 0.310 e. The SMILES string of the molecule is c1ccc2c(c1)-c1ccccc1C21c2ccccc2-c2cccc(N(c3ccc4c5ccccc5c5ccccc5c4c3)c3ccc4c5ccccc5c5ccccc5c4c3)c21. The fourth-order valence-electron chi connectivity index (χ4n) is 11.8. The van der Waals surface area contributed by atoms with E-state index in [-0.39, 0.29) is 0 Å². The van der Waals surface area contributed by atoms with Gasteiger partial charge in [-0.1, -0.05) is 194 Å². The Hall–Kier alpha value is -8.00. The van der Waals surface area contributed by atoms with Gasteiger partial charge >= 0.3 is 0 Å². The molecule has 286 valence electrons. The van der Waals surface area contributed by atoms with Crippen molar-refractivity contribution in [1.82, 2.24) is 0 Å². The molecule has 0 bridgehead atoms. The van der Waals surface area contributed by atoms with Gasteiger partial charge in [0.2, 0.25) is 0 Å². The van der Waals surface area contributed by atoms with Crippen LogP contribution in [-0.4, -0.2) is 0 Å². The lowest BCUT2D eigenvalue weighted by molar-refractivity contribution is 0.793. The molecule has 0 amide bonds. The second-order valence-corrected chi connectivity index (χ2v) is 17.1. The van der Waals surface area contributed by atoms with Crippen molar-refractivity contribution in [3.63, 3.8) is 0 Å². The first-order valence-corrected chi connectivity index (χ1v) is 21.7. The lowest BCUT2D eigenvalue weighted by atomic mass is 9.70. The molecule has 0 saturated carbocycles. The van der Waals surface area contributed by atoms with E-state index in [0.29, 0.717) is 0 Å². The van der Waals surface area contributed by atoms with Gasteiger partial charge in [-0.15, -0.1) is 0 Å². The summed E-state index contributed by atoms with van der Waals surface area (Å²) in [4.78, 5) is 2.57. The maximum absolute atomic E-state index is 2.57. The minimum Gasteiger partial charge on any atom is -0.310 e. The monoisotopic (exact) mass is 783 g/mol. The van der Waals surface area contributed by atoms with Crippen molar-refractivity contribution in [2.75, 3.05) is 4.90 Å². The standard InChI is InChI=1S/C61H37N/c1-3-20-44-40(16-1)42-18-5-7-22-46(42)54-36-38(32-34-48(44)54)62(39-33-35-49-45-21-4-2-17-41(45)43-19-6-8-23-47(43)55(49)37-39)59-31-15-27-53-52-26-11-14-30-58(52)61(60(53)59)56-28-12-9-24-50(56)51-25-10-13-29-57(51)61/h1-37H. The van der Waals surface area contributed by atoms with Crippen molar-refractivity contribution in [3.05, 3.63) is 247 Å². The van der Waals surface area contributed by atoms with Gasteiger partial charge in [-0.2, -0.15) is 0 Å². The molecule has 62 heavy (non-hydrogen) atoms. The zero-order chi connectivity index (χ0) is 40.5. The summed E-state index contributed by atoms with van der Waals surface area (Å²) in [5, 5.41) is 15.2. The Morgan fingerprint density at radius 1 is 0.242 bits per heavy atom. The van der Waals surface area contributed by atoms with Crippen molar-refractivity contribution >= 4 is 81.7 Å². The average molecular weight is 784 g/mol. The van der Waals surface area contributed by atoms with Gasteiger partial charge in [0.15, 0.2) is 0 Å². The smallest absolute Gasteiger partial charge is 0.0746 e. The third-order valence-electron chi connectivity index (χ3n) is 14.2. The highest BCUT2D eigenvalue weighted by Crippen LogP contribution is 2.65. The van der Waals surface area contributed by atoms with E-state index in [1.807, 2.05) is 0 Å². The van der Waals surface area contributed by atoms with Gasteiger partial charge in [-0.3, -0.25) is 0 Å². The van der Waals surface area contributed by atoms with E-state index in [1.54, 1.807) is 0 Å². The van der Waals surface area contributed by atoms with Crippen LogP contribution in [0, 0.1) is 0 Å². The van der Waals surface area contributed by atoms with E-state index < -0.39 is 5.41 Å². The zero-order valence-corrected chi connectivity index (χ0v) is 33.8. The molecule has 0 aliphatic heterocycles. The Morgan fingerprint density at radius 2 is 0.548 bits per heavy atom. The molecule has 0 fully saturated rings. The highest BCUT2D eigenvalue weighted by Gasteiger charge is 2.53. The van der Waals surface area contributed by atoms with Gasteiger partial charge in [-0.05, 0) is 134 Å². The van der Waals surface area contributed by atoms with Crippen molar-refractivity contribution in [2.24, 2.45) is 0 Å². The van der Waals surface area contributed by atoms with Crippen LogP contribution < -0.4 is 4.90 Å². The molecule has 2 aliphatic rings. The van der Waals surface area contributed by atoms with E-state index in [4.69, 9.17) is 0 Å². The van der Waals surface area contributed by atoms with Gasteiger partial charge in [0, 0.05) is 16.9 Å². The molecule has 1 heteroatoms. The Morgan fingerprint density at radius 3 is 0.952 bits per heavy atom. The highest BCUT2D eigenvalue weighted by atomic mass is 15.1. The van der Waals surface area contributed by atoms with E-state index in [9.17, 15) is 0 Å². The lowest BCUT2D eigenvalue weighted by Crippen LogP contribution is -2.28. The molecule has 12 aromatic carbocycles. The summed E-state index contributed by atoms with van der Waals surface area (Å²) in [5.74, 6) is 0. The molecule has 12 aromatic rings. The molecule has 0 saturated heterocycles. The summed E-state index contributed by atoms with van der Waals surface area (Å²) in [7, 11) is 0. The summed E-state index contributed by atoms with van der Waals surface area (Å²) < 4.78 is 0. The van der Waals surface area contributed by atoms with Crippen LogP contribution in [0.1, 0.15) is 22.3 Å². The van der Waals surface area contributed by atoms with Crippen LogP contribution in [0.15, 0.2) is 224 Å². The van der Waals surface area contributed by atoms with E-state index in [2.05, 4.69) is 229 Å². The first-order chi connectivity index (χ1) is 30.8. The predicted octanol–water partition coefficient (Wildman–Crippen LogP) is 16.4. The maximum Gasteiger partial charge on any atom is 0.0746 e. The average Bonchev–Trinajstić information content (AvgIpc) is 3.82. The zero-order valence-electron chi connectivity index (χ0n) is 33.8. The molecule has 0 aromatic heterocycles. The minimum absolute atomic E-state index is 0.520. The van der Waals surface area contributed by atoms with Crippen LogP contribution in [0.2, 0.25) is 0 Å². The molecular formula is C61H37N. The predicted molar refractivity (Wildman–Crippen MR) is 262 cm³/mol. The summed E-state index contributed by atoms with van der Waals surface area (Å²) in [6, 6.07) is 84.3.